The Labute approximate surface area is 304 Å². The third-order valence-corrected chi connectivity index (χ3v) is 9.82. The first-order valence-corrected chi connectivity index (χ1v) is 16.7. The maximum Gasteiger partial charge on any atom is 0.547 e. The quantitative estimate of drug-likeness (QED) is 0.131. The average molecular weight is 762 g/mol. The molecule has 280 valence electrons. The molecule has 3 heterocycles. The largest absolute Gasteiger partial charge is 0.547 e. The molecule has 0 radical (unpaired) electrons. The number of carboxylic acid groups (broad SMARTS) is 1. The number of hydrogen-bond acceptors (Lipinski definition) is 10. The molecule has 2 fully saturated rings. The molecule has 2 atom stereocenters. The predicted octanol–water partition coefficient (Wildman–Crippen LogP) is 2.86. The minimum absolute atomic E-state index is 0.0981. The standard InChI is InChI=1S/C33H32BClF3N5O10/c35-25-20(13-22(38)27(45)28(25)46)26(30(47)39-23-11-16-1-2-21(37)24(31(48)49)29(16)53-34(23)52)40-32(50)43-8-7-42(33(43)51)18-3-5-41(6-4-18)14-15-9-17(36)12-19(44)10-15/h1-2,9-10,12-13,18,23,26,44-46,52H,3-8,11,14H2,(H,39,47)(H,40,50)(H,48,49). The van der Waals surface area contributed by atoms with E-state index in [9.17, 15) is 57.8 Å². The lowest BCUT2D eigenvalue weighted by Gasteiger charge is -2.36. The number of carboxylic acids is 1. The molecule has 0 bridgehead atoms. The number of piperidine rings is 1. The van der Waals surface area contributed by atoms with Crippen molar-refractivity contribution in [3.05, 3.63) is 81.1 Å². The monoisotopic (exact) mass is 761 g/mol. The minimum Gasteiger partial charge on any atom is -0.534 e. The number of phenols is 3. The number of aromatic hydroxyl groups is 3. The summed E-state index contributed by atoms with van der Waals surface area (Å²) >= 11 is 6.19. The van der Waals surface area contributed by atoms with Gasteiger partial charge in [0.15, 0.2) is 17.3 Å². The summed E-state index contributed by atoms with van der Waals surface area (Å²) in [4.78, 5) is 56.8. The second-order valence-corrected chi connectivity index (χ2v) is 13.2. The van der Waals surface area contributed by atoms with Gasteiger partial charge in [0.05, 0.1) is 11.0 Å². The number of rotatable bonds is 8. The van der Waals surface area contributed by atoms with E-state index in [1.807, 2.05) is 4.90 Å². The highest BCUT2D eigenvalue weighted by Gasteiger charge is 2.43. The summed E-state index contributed by atoms with van der Waals surface area (Å²) in [5, 5.41) is 53.9. The number of nitrogens with zero attached hydrogens (tertiary/aromatic N) is 3. The molecule has 2 unspecified atom stereocenters. The zero-order valence-electron chi connectivity index (χ0n) is 27.6. The molecule has 15 nitrogen and oxygen atoms in total. The Balaban J connectivity index is 1.16. The van der Waals surface area contributed by atoms with Crippen LogP contribution in [-0.2, 0) is 17.8 Å². The number of amides is 5. The zero-order valence-corrected chi connectivity index (χ0v) is 28.3. The van der Waals surface area contributed by atoms with Gasteiger partial charge in [-0.3, -0.25) is 9.69 Å². The van der Waals surface area contributed by atoms with Crippen LogP contribution in [-0.4, -0.2) is 109 Å². The van der Waals surface area contributed by atoms with Crippen LogP contribution in [0.1, 0.15) is 45.9 Å². The second-order valence-electron chi connectivity index (χ2n) is 12.8. The van der Waals surface area contributed by atoms with Crippen molar-refractivity contribution >= 4 is 42.7 Å². The van der Waals surface area contributed by atoms with Crippen LogP contribution in [0.3, 0.4) is 0 Å². The first-order valence-electron chi connectivity index (χ1n) is 16.3. The van der Waals surface area contributed by atoms with E-state index in [0.717, 1.165) is 17.0 Å². The van der Waals surface area contributed by atoms with Crippen molar-refractivity contribution in [2.45, 2.75) is 43.8 Å². The fraction of sp³-hybridized carbons (Fsp3) is 0.333. The highest BCUT2D eigenvalue weighted by atomic mass is 35.5. The average Bonchev–Trinajstić information content (AvgIpc) is 3.49. The van der Waals surface area contributed by atoms with Crippen molar-refractivity contribution in [1.82, 2.24) is 25.3 Å². The van der Waals surface area contributed by atoms with E-state index in [0.29, 0.717) is 44.1 Å². The van der Waals surface area contributed by atoms with Crippen molar-refractivity contribution < 1.29 is 62.5 Å². The number of phenolic OH excluding ortho intramolecular Hbond substituents is 3. The summed E-state index contributed by atoms with van der Waals surface area (Å²) in [5.74, 6) is -10.3. The van der Waals surface area contributed by atoms with Gasteiger partial charge in [0, 0.05) is 50.4 Å². The summed E-state index contributed by atoms with van der Waals surface area (Å²) in [5.41, 5.74) is -0.680. The number of carbonyl (C=O) groups is 4. The van der Waals surface area contributed by atoms with Gasteiger partial charge in [0.2, 0.25) is 5.91 Å². The van der Waals surface area contributed by atoms with E-state index in [2.05, 4.69) is 10.6 Å². The summed E-state index contributed by atoms with van der Waals surface area (Å²) in [6.07, 6.45) is 0.755. The molecule has 3 aromatic rings. The van der Waals surface area contributed by atoms with Gasteiger partial charge in [0.25, 0.3) is 0 Å². The van der Waals surface area contributed by atoms with E-state index in [1.165, 1.54) is 23.1 Å². The fourth-order valence-corrected chi connectivity index (χ4v) is 7.05. The van der Waals surface area contributed by atoms with E-state index >= 15 is 0 Å². The van der Waals surface area contributed by atoms with E-state index in [1.54, 1.807) is 0 Å². The highest BCUT2D eigenvalue weighted by molar-refractivity contribution is 6.47. The molecule has 2 saturated heterocycles. The van der Waals surface area contributed by atoms with Gasteiger partial charge in [-0.25, -0.2) is 32.5 Å². The Morgan fingerprint density at radius 2 is 1.70 bits per heavy atom. The summed E-state index contributed by atoms with van der Waals surface area (Å²) in [6.45, 7) is 1.48. The number of halogens is 4. The van der Waals surface area contributed by atoms with Crippen LogP contribution in [0.2, 0.25) is 5.02 Å². The molecule has 6 rings (SSSR count). The molecule has 0 aliphatic carbocycles. The topological polar surface area (TPSA) is 212 Å². The van der Waals surface area contributed by atoms with Crippen LogP contribution >= 0.6 is 11.6 Å². The van der Waals surface area contributed by atoms with Gasteiger partial charge in [0.1, 0.15) is 34.7 Å². The molecular weight excluding hydrogens is 730 g/mol. The number of carbonyl (C=O) groups excluding carboxylic acids is 3. The second kappa shape index (κ2) is 14.9. The maximum absolute atomic E-state index is 14.7. The molecule has 0 spiro atoms. The Morgan fingerprint density at radius 1 is 0.981 bits per heavy atom. The SMILES string of the molecule is O=C(O)c1c(F)ccc2c1OB(O)C(NC(=O)C(NC(=O)N1CCN(C3CCN(Cc4cc(O)cc(F)c4)CC3)C1=O)c1cc(F)c(O)c(O)c1Cl)C2. The van der Waals surface area contributed by atoms with Crippen LogP contribution in [0.4, 0.5) is 22.8 Å². The molecule has 20 heteroatoms. The zero-order chi connectivity index (χ0) is 38.3. The van der Waals surface area contributed by atoms with Crippen molar-refractivity contribution in [3.8, 4) is 23.0 Å². The van der Waals surface area contributed by atoms with E-state index in [-0.39, 0.29) is 36.9 Å². The lowest BCUT2D eigenvalue weighted by molar-refractivity contribution is -0.123. The number of likely N-dealkylation sites (tertiary alicyclic amines) is 1. The Morgan fingerprint density at radius 3 is 2.38 bits per heavy atom. The summed E-state index contributed by atoms with van der Waals surface area (Å²) in [7, 11) is -1.93. The van der Waals surface area contributed by atoms with Crippen molar-refractivity contribution in [1.29, 1.82) is 0 Å². The van der Waals surface area contributed by atoms with Gasteiger partial charge >= 0.3 is 25.1 Å². The van der Waals surface area contributed by atoms with Gasteiger partial charge < -0.3 is 45.6 Å². The van der Waals surface area contributed by atoms with Gasteiger partial charge in [-0.1, -0.05) is 17.7 Å². The molecule has 0 saturated carbocycles. The predicted molar refractivity (Wildman–Crippen MR) is 179 cm³/mol. The van der Waals surface area contributed by atoms with Crippen LogP contribution in [0, 0.1) is 17.5 Å². The van der Waals surface area contributed by atoms with Crippen LogP contribution in [0.15, 0.2) is 36.4 Å². The number of nitrogens with one attached hydrogen (secondary N) is 2. The first kappa shape index (κ1) is 37.4. The molecule has 53 heavy (non-hydrogen) atoms. The molecule has 0 aromatic heterocycles. The van der Waals surface area contributed by atoms with E-state index in [4.69, 9.17) is 16.3 Å². The molecule has 3 aliphatic heterocycles. The molecule has 3 aromatic carbocycles. The molecule has 5 amide bonds. The normalized spacial score (nSPS) is 18.4. The number of benzene rings is 3. The lowest BCUT2D eigenvalue weighted by atomic mass is 9.72. The molecular formula is C33H32BClF3N5O10. The van der Waals surface area contributed by atoms with E-state index < -0.39 is 93.9 Å². The maximum atomic E-state index is 14.7. The number of fused-ring (bicyclic) bond motifs is 1. The smallest absolute Gasteiger partial charge is 0.534 e. The Kier molecular flexibility index (Phi) is 10.5. The number of urea groups is 2. The number of imide groups is 1. The van der Waals surface area contributed by atoms with Gasteiger partial charge in [-0.2, -0.15) is 0 Å². The molecule has 3 aliphatic rings. The van der Waals surface area contributed by atoms with Crippen molar-refractivity contribution in [2.75, 3.05) is 26.2 Å². The van der Waals surface area contributed by atoms with Gasteiger partial charge in [-0.15, -0.1) is 0 Å². The molecule has 7 N–H and O–H groups in total. The fourth-order valence-electron chi connectivity index (χ4n) is 6.80. The first-order chi connectivity index (χ1) is 25.1. The summed E-state index contributed by atoms with van der Waals surface area (Å²) < 4.78 is 47.9. The van der Waals surface area contributed by atoms with Crippen LogP contribution in [0.5, 0.6) is 23.0 Å². The lowest BCUT2D eigenvalue weighted by Crippen LogP contribution is -2.56. The highest BCUT2D eigenvalue weighted by Crippen LogP contribution is 2.41. The van der Waals surface area contributed by atoms with Crippen molar-refractivity contribution in [3.63, 3.8) is 0 Å². The van der Waals surface area contributed by atoms with Crippen LogP contribution in [0.25, 0.3) is 0 Å². The third kappa shape index (κ3) is 7.58. The Bertz CT molecular complexity index is 1970. The Hall–Kier alpha value is -5.40. The third-order valence-electron chi connectivity index (χ3n) is 9.42. The van der Waals surface area contributed by atoms with Gasteiger partial charge in [-0.05, 0) is 54.7 Å². The number of hydrogen-bond donors (Lipinski definition) is 7. The van der Waals surface area contributed by atoms with Crippen molar-refractivity contribution in [2.24, 2.45) is 0 Å². The number of aromatic carboxylic acids is 1. The van der Waals surface area contributed by atoms with Crippen LogP contribution < -0.4 is 15.3 Å². The minimum atomic E-state index is -1.94. The summed E-state index contributed by atoms with van der Waals surface area (Å²) in [6, 6.07) is 2.45.